The lowest BCUT2D eigenvalue weighted by molar-refractivity contribution is -0.127. The van der Waals surface area contributed by atoms with Crippen molar-refractivity contribution in [3.63, 3.8) is 0 Å². The van der Waals surface area contributed by atoms with Crippen LogP contribution in [0, 0.1) is 0 Å². The Morgan fingerprint density at radius 1 is 1.50 bits per heavy atom. The molecule has 1 aromatic rings. The Bertz CT molecular complexity index is 483. The zero-order chi connectivity index (χ0) is 15.3. The third-order valence-electron chi connectivity index (χ3n) is 2.73. The van der Waals surface area contributed by atoms with Crippen LogP contribution in [0.15, 0.2) is 17.3 Å². The highest BCUT2D eigenvalue weighted by Crippen LogP contribution is 2.22. The number of anilines is 1. The summed E-state index contributed by atoms with van der Waals surface area (Å²) in [5.74, 6) is 0.771. The van der Waals surface area contributed by atoms with Crippen LogP contribution in [0.25, 0.3) is 0 Å². The van der Waals surface area contributed by atoms with Crippen molar-refractivity contribution in [3.05, 3.63) is 12.2 Å². The van der Waals surface area contributed by atoms with E-state index in [1.165, 1.54) is 11.8 Å². The third kappa shape index (κ3) is 4.26. The van der Waals surface area contributed by atoms with Crippen molar-refractivity contribution in [2.45, 2.75) is 38.9 Å². The topological polar surface area (TPSA) is 77.0 Å². The molecule has 0 aliphatic rings. The molecule has 0 unspecified atom stereocenters. The van der Waals surface area contributed by atoms with Gasteiger partial charge in [0.25, 0.3) is 0 Å². The molecule has 0 radical (unpaired) electrons. The lowest BCUT2D eigenvalue weighted by Gasteiger charge is -2.20. The number of carbonyl (C=O) groups excluding carboxylic acids is 1. The molecule has 20 heavy (non-hydrogen) atoms. The summed E-state index contributed by atoms with van der Waals surface area (Å²) in [4.78, 5) is 13.9. The monoisotopic (exact) mass is 297 g/mol. The van der Waals surface area contributed by atoms with Gasteiger partial charge in [0.05, 0.1) is 5.75 Å². The van der Waals surface area contributed by atoms with Gasteiger partial charge in [-0.3, -0.25) is 9.36 Å². The summed E-state index contributed by atoms with van der Waals surface area (Å²) in [5.41, 5.74) is 6.74. The largest absolute Gasteiger partial charge is 0.368 e. The number of nitrogen functional groups attached to an aromatic ring is 1. The fraction of sp³-hybridized carbons (Fsp3) is 0.615. The minimum Gasteiger partial charge on any atom is -0.368 e. The van der Waals surface area contributed by atoms with Crippen LogP contribution >= 0.6 is 11.8 Å². The van der Waals surface area contributed by atoms with Crippen molar-refractivity contribution in [1.82, 2.24) is 19.7 Å². The normalized spacial score (nSPS) is 10.8. The summed E-state index contributed by atoms with van der Waals surface area (Å²) >= 11 is 1.36. The molecule has 7 heteroatoms. The highest BCUT2D eigenvalue weighted by Gasteiger charge is 2.17. The summed E-state index contributed by atoms with van der Waals surface area (Å²) in [6.45, 7) is 13.0. The molecular formula is C13H23N5OS. The van der Waals surface area contributed by atoms with E-state index in [0.29, 0.717) is 29.9 Å². The molecule has 6 nitrogen and oxygen atoms in total. The van der Waals surface area contributed by atoms with Crippen LogP contribution in [0.2, 0.25) is 0 Å². The summed E-state index contributed by atoms with van der Waals surface area (Å²) in [6, 6.07) is 0.167. The molecule has 1 amide bonds. The predicted molar refractivity (Wildman–Crippen MR) is 82.6 cm³/mol. The Morgan fingerprint density at radius 3 is 2.65 bits per heavy atom. The Morgan fingerprint density at radius 2 is 2.15 bits per heavy atom. The summed E-state index contributed by atoms with van der Waals surface area (Å²) in [5, 5.41) is 8.56. The van der Waals surface area contributed by atoms with Crippen molar-refractivity contribution >= 4 is 23.6 Å². The predicted octanol–water partition coefficient (Wildman–Crippen LogP) is 1.96. The van der Waals surface area contributed by atoms with Crippen LogP contribution in [0.1, 0.15) is 33.7 Å². The van der Waals surface area contributed by atoms with Gasteiger partial charge < -0.3 is 10.6 Å². The first-order valence-corrected chi connectivity index (χ1v) is 7.60. The van der Waals surface area contributed by atoms with Crippen LogP contribution in [-0.4, -0.2) is 44.4 Å². The van der Waals surface area contributed by atoms with Crippen molar-refractivity contribution in [1.29, 1.82) is 0 Å². The maximum absolute atomic E-state index is 12.1. The second-order valence-electron chi connectivity index (χ2n) is 4.96. The fourth-order valence-corrected chi connectivity index (χ4v) is 2.77. The van der Waals surface area contributed by atoms with Crippen LogP contribution in [-0.2, 0) is 4.79 Å². The smallest absolute Gasteiger partial charge is 0.233 e. The van der Waals surface area contributed by atoms with Crippen LogP contribution < -0.4 is 5.73 Å². The number of likely N-dealkylation sites (N-methyl/N-ethyl adjacent to an activating group) is 1. The van der Waals surface area contributed by atoms with E-state index >= 15 is 0 Å². The Labute approximate surface area is 124 Å². The Balaban J connectivity index is 2.67. The number of nitrogens with two attached hydrogens (primary N) is 1. The maximum Gasteiger partial charge on any atom is 0.233 e. The highest BCUT2D eigenvalue weighted by molar-refractivity contribution is 7.99. The van der Waals surface area contributed by atoms with E-state index in [1.807, 2.05) is 32.3 Å². The van der Waals surface area contributed by atoms with Gasteiger partial charge in [0.2, 0.25) is 11.9 Å². The minimum absolute atomic E-state index is 0.0670. The van der Waals surface area contributed by atoms with E-state index in [2.05, 4.69) is 16.8 Å². The van der Waals surface area contributed by atoms with E-state index in [0.717, 1.165) is 5.57 Å². The number of hydrogen-bond acceptors (Lipinski definition) is 5. The van der Waals surface area contributed by atoms with Crippen molar-refractivity contribution in [3.8, 4) is 0 Å². The SMILES string of the molecule is C=C(C)CN(CC)C(=O)CSc1nnc(N)n1C(C)C. The van der Waals surface area contributed by atoms with E-state index in [4.69, 9.17) is 5.73 Å². The zero-order valence-corrected chi connectivity index (χ0v) is 13.4. The van der Waals surface area contributed by atoms with Crippen LogP contribution in [0.5, 0.6) is 0 Å². The van der Waals surface area contributed by atoms with Gasteiger partial charge in [-0.15, -0.1) is 10.2 Å². The first kappa shape index (κ1) is 16.6. The Hall–Kier alpha value is -1.50. The minimum atomic E-state index is 0.0670. The van der Waals surface area contributed by atoms with Crippen molar-refractivity contribution < 1.29 is 4.79 Å². The average molecular weight is 297 g/mol. The van der Waals surface area contributed by atoms with Crippen molar-refractivity contribution in [2.75, 3.05) is 24.6 Å². The lowest BCUT2D eigenvalue weighted by atomic mass is 10.3. The molecule has 0 saturated carbocycles. The number of carbonyl (C=O) groups is 1. The zero-order valence-electron chi connectivity index (χ0n) is 12.6. The number of thioether (sulfide) groups is 1. The molecule has 112 valence electrons. The molecule has 1 rings (SSSR count). The fourth-order valence-electron chi connectivity index (χ4n) is 1.79. The van der Waals surface area contributed by atoms with Gasteiger partial charge in [0.15, 0.2) is 5.16 Å². The molecule has 0 aliphatic heterocycles. The van der Waals surface area contributed by atoms with Gasteiger partial charge in [-0.25, -0.2) is 0 Å². The molecule has 1 aromatic heterocycles. The summed E-state index contributed by atoms with van der Waals surface area (Å²) < 4.78 is 1.83. The number of rotatable bonds is 7. The van der Waals surface area contributed by atoms with E-state index in [1.54, 1.807) is 4.90 Å². The highest BCUT2D eigenvalue weighted by atomic mass is 32.2. The van der Waals surface area contributed by atoms with Gasteiger partial charge in [-0.05, 0) is 27.7 Å². The molecule has 0 atom stereocenters. The number of nitrogens with zero attached hydrogens (tertiary/aromatic N) is 4. The third-order valence-corrected chi connectivity index (χ3v) is 3.66. The molecule has 0 bridgehead atoms. The molecule has 0 spiro atoms. The Kier molecular flexibility index (Phi) is 6.06. The number of aromatic nitrogens is 3. The molecule has 0 fully saturated rings. The van der Waals surface area contributed by atoms with E-state index in [-0.39, 0.29) is 11.9 Å². The second-order valence-corrected chi connectivity index (χ2v) is 5.90. The first-order valence-electron chi connectivity index (χ1n) is 6.62. The van der Waals surface area contributed by atoms with Gasteiger partial charge >= 0.3 is 0 Å². The van der Waals surface area contributed by atoms with Gasteiger partial charge in [0, 0.05) is 19.1 Å². The number of amides is 1. The second kappa shape index (κ2) is 7.33. The molecule has 0 aliphatic carbocycles. The lowest BCUT2D eigenvalue weighted by Crippen LogP contribution is -2.33. The average Bonchev–Trinajstić information content (AvgIpc) is 2.74. The summed E-state index contributed by atoms with van der Waals surface area (Å²) in [7, 11) is 0. The quantitative estimate of drug-likeness (QED) is 0.615. The maximum atomic E-state index is 12.1. The van der Waals surface area contributed by atoms with Gasteiger partial charge in [0.1, 0.15) is 0 Å². The molecular weight excluding hydrogens is 274 g/mol. The summed E-state index contributed by atoms with van der Waals surface area (Å²) in [6.07, 6.45) is 0. The van der Waals surface area contributed by atoms with Gasteiger partial charge in [-0.1, -0.05) is 23.9 Å². The molecule has 0 aromatic carbocycles. The number of hydrogen-bond donors (Lipinski definition) is 1. The first-order chi connectivity index (χ1) is 9.36. The van der Waals surface area contributed by atoms with Crippen LogP contribution in [0.3, 0.4) is 0 Å². The van der Waals surface area contributed by atoms with Crippen LogP contribution in [0.4, 0.5) is 5.95 Å². The van der Waals surface area contributed by atoms with Crippen molar-refractivity contribution in [2.24, 2.45) is 0 Å². The standard InChI is InChI=1S/C13H23N5OS/c1-6-17(7-9(2)3)11(19)8-20-13-16-15-12(14)18(13)10(4)5/h10H,2,6-8H2,1,3-5H3,(H2,14,15). The molecule has 2 N–H and O–H groups in total. The molecule has 0 saturated heterocycles. The van der Waals surface area contributed by atoms with E-state index in [9.17, 15) is 4.79 Å². The molecule has 1 heterocycles. The van der Waals surface area contributed by atoms with Gasteiger partial charge in [-0.2, -0.15) is 0 Å². The van der Waals surface area contributed by atoms with E-state index < -0.39 is 0 Å².